The number of benzene rings is 1. The van der Waals surface area contributed by atoms with E-state index in [9.17, 15) is 12.8 Å². The molecule has 1 aromatic carbocycles. The van der Waals surface area contributed by atoms with Crippen LogP contribution in [0, 0.1) is 17.1 Å². The molecule has 2 aromatic rings. The molecule has 1 N–H and O–H groups in total. The maximum absolute atomic E-state index is 13.6. The summed E-state index contributed by atoms with van der Waals surface area (Å²) in [6.45, 7) is 1.85. The van der Waals surface area contributed by atoms with Crippen molar-refractivity contribution < 1.29 is 12.8 Å². The van der Waals surface area contributed by atoms with E-state index in [1.54, 1.807) is 6.07 Å². The van der Waals surface area contributed by atoms with Crippen molar-refractivity contribution in [3.8, 4) is 6.07 Å². The lowest BCUT2D eigenvalue weighted by Gasteiger charge is -2.16. The van der Waals surface area contributed by atoms with E-state index >= 15 is 0 Å². The Kier molecular flexibility index (Phi) is 4.73. The van der Waals surface area contributed by atoms with Crippen LogP contribution in [0.15, 0.2) is 40.6 Å². The summed E-state index contributed by atoms with van der Waals surface area (Å²) in [7, 11) is -3.97. The van der Waals surface area contributed by atoms with Gasteiger partial charge in [0.05, 0.1) is 6.04 Å². The number of hydrogen-bond donors (Lipinski definition) is 1. The van der Waals surface area contributed by atoms with Crippen LogP contribution in [0.2, 0.25) is 0 Å². The minimum absolute atomic E-state index is 0.333. The van der Waals surface area contributed by atoms with E-state index in [0.717, 1.165) is 10.9 Å². The zero-order valence-corrected chi connectivity index (χ0v) is 12.8. The Bertz CT molecular complexity index is 765. The van der Waals surface area contributed by atoms with Gasteiger partial charge in [-0.05, 0) is 30.0 Å². The maximum atomic E-state index is 13.6. The van der Waals surface area contributed by atoms with Crippen LogP contribution in [0.5, 0.6) is 0 Å². The second-order valence-corrected chi connectivity index (χ2v) is 6.98. The Morgan fingerprint density at radius 3 is 2.71 bits per heavy atom. The van der Waals surface area contributed by atoms with Gasteiger partial charge in [0.25, 0.3) is 0 Å². The van der Waals surface area contributed by atoms with Crippen molar-refractivity contribution in [2.75, 3.05) is 0 Å². The maximum Gasteiger partial charge on any atom is 0.242 e. The summed E-state index contributed by atoms with van der Waals surface area (Å²) >= 11 is 1.44. The lowest BCUT2D eigenvalue weighted by Crippen LogP contribution is -2.28. The molecule has 110 valence electrons. The van der Waals surface area contributed by atoms with Gasteiger partial charge in [-0.25, -0.2) is 17.5 Å². The second-order valence-electron chi connectivity index (χ2n) is 4.32. The molecule has 1 aromatic heterocycles. The molecule has 0 amide bonds. The number of thiophene rings is 1. The quantitative estimate of drug-likeness (QED) is 0.918. The molecule has 0 radical (unpaired) electrons. The van der Waals surface area contributed by atoms with Gasteiger partial charge in [0.1, 0.15) is 22.3 Å². The molecular weight excluding hydrogens is 311 g/mol. The molecule has 1 atom stereocenters. The highest BCUT2D eigenvalue weighted by molar-refractivity contribution is 7.89. The van der Waals surface area contributed by atoms with Crippen LogP contribution < -0.4 is 4.72 Å². The molecule has 0 saturated heterocycles. The molecule has 0 saturated carbocycles. The average Bonchev–Trinajstić information content (AvgIpc) is 2.98. The van der Waals surface area contributed by atoms with Gasteiger partial charge in [-0.3, -0.25) is 0 Å². The predicted octanol–water partition coefficient (Wildman–Crippen LogP) is 3.19. The molecule has 0 fully saturated rings. The summed E-state index contributed by atoms with van der Waals surface area (Å²) in [5.74, 6) is -0.843. The average molecular weight is 324 g/mol. The summed E-state index contributed by atoms with van der Waals surface area (Å²) in [6.07, 6.45) is 0.553. The fourth-order valence-corrected chi connectivity index (χ4v) is 4.32. The summed E-state index contributed by atoms with van der Waals surface area (Å²) in [5.41, 5.74) is -0.467. The Morgan fingerprint density at radius 1 is 1.38 bits per heavy atom. The Morgan fingerprint density at radius 2 is 2.14 bits per heavy atom. The number of sulfonamides is 1. The zero-order chi connectivity index (χ0) is 15.5. The molecule has 0 aliphatic heterocycles. The molecule has 0 aliphatic rings. The van der Waals surface area contributed by atoms with E-state index in [2.05, 4.69) is 4.72 Å². The summed E-state index contributed by atoms with van der Waals surface area (Å²) in [5, 5.41) is 10.8. The van der Waals surface area contributed by atoms with Crippen LogP contribution in [-0.2, 0) is 10.0 Å². The standard InChI is InChI=1S/C14H13FN2O2S2/c1-2-12(13-6-4-8-20-13)17-21(18,19)14-7-3-5-11(15)10(14)9-16/h3-8,12,17H,2H2,1H3. The van der Waals surface area contributed by atoms with Crippen molar-refractivity contribution in [2.45, 2.75) is 24.3 Å². The lowest BCUT2D eigenvalue weighted by molar-refractivity contribution is 0.550. The Balaban J connectivity index is 2.40. The zero-order valence-electron chi connectivity index (χ0n) is 11.2. The predicted molar refractivity (Wildman–Crippen MR) is 78.8 cm³/mol. The molecule has 2 rings (SSSR count). The molecule has 21 heavy (non-hydrogen) atoms. The third-order valence-corrected chi connectivity index (χ3v) is 5.47. The summed E-state index contributed by atoms with van der Waals surface area (Å²) in [4.78, 5) is 0.538. The van der Waals surface area contributed by atoms with E-state index in [0.29, 0.717) is 6.42 Å². The van der Waals surface area contributed by atoms with Gasteiger partial charge < -0.3 is 0 Å². The minimum Gasteiger partial charge on any atom is -0.207 e. The fraction of sp³-hybridized carbons (Fsp3) is 0.214. The van der Waals surface area contributed by atoms with Crippen LogP contribution in [-0.4, -0.2) is 8.42 Å². The number of nitrogens with one attached hydrogen (secondary N) is 1. The van der Waals surface area contributed by atoms with E-state index < -0.39 is 27.4 Å². The third-order valence-electron chi connectivity index (χ3n) is 2.97. The molecular formula is C14H13FN2O2S2. The molecule has 0 aliphatic carbocycles. The first-order chi connectivity index (χ1) is 9.99. The first-order valence-electron chi connectivity index (χ1n) is 6.24. The van der Waals surface area contributed by atoms with Crippen molar-refractivity contribution in [1.82, 2.24) is 4.72 Å². The van der Waals surface area contributed by atoms with Crippen molar-refractivity contribution in [2.24, 2.45) is 0 Å². The first-order valence-corrected chi connectivity index (χ1v) is 8.60. The van der Waals surface area contributed by atoms with E-state index in [1.165, 1.54) is 23.5 Å². The highest BCUT2D eigenvalue weighted by atomic mass is 32.2. The Hall–Kier alpha value is -1.75. The Labute approximate surface area is 126 Å². The van der Waals surface area contributed by atoms with Crippen LogP contribution in [0.4, 0.5) is 4.39 Å². The molecule has 0 bridgehead atoms. The van der Waals surface area contributed by atoms with Crippen LogP contribution in [0.3, 0.4) is 0 Å². The van der Waals surface area contributed by atoms with Crippen LogP contribution in [0.1, 0.15) is 29.8 Å². The second kappa shape index (κ2) is 6.35. The summed E-state index contributed by atoms with van der Waals surface area (Å²) < 4.78 is 40.9. The van der Waals surface area contributed by atoms with Gasteiger partial charge in [0.15, 0.2) is 0 Å². The number of halogens is 1. The van der Waals surface area contributed by atoms with E-state index in [-0.39, 0.29) is 4.90 Å². The van der Waals surface area contributed by atoms with E-state index in [1.807, 2.05) is 24.4 Å². The molecule has 1 unspecified atom stereocenters. The lowest BCUT2D eigenvalue weighted by atomic mass is 10.2. The molecule has 7 heteroatoms. The monoisotopic (exact) mass is 324 g/mol. The van der Waals surface area contributed by atoms with Crippen molar-refractivity contribution in [3.05, 3.63) is 52.0 Å². The number of hydrogen-bond acceptors (Lipinski definition) is 4. The van der Waals surface area contributed by atoms with Gasteiger partial charge in [0, 0.05) is 4.88 Å². The molecule has 1 heterocycles. The van der Waals surface area contributed by atoms with Gasteiger partial charge in [-0.15, -0.1) is 11.3 Å². The van der Waals surface area contributed by atoms with Crippen LogP contribution in [0.25, 0.3) is 0 Å². The third kappa shape index (κ3) is 3.29. The van der Waals surface area contributed by atoms with E-state index in [4.69, 9.17) is 5.26 Å². The van der Waals surface area contributed by atoms with Crippen molar-refractivity contribution in [3.63, 3.8) is 0 Å². The summed E-state index contributed by atoms with van der Waals surface area (Å²) in [6, 6.07) is 8.44. The van der Waals surface area contributed by atoms with Crippen molar-refractivity contribution in [1.29, 1.82) is 5.26 Å². The number of nitriles is 1. The van der Waals surface area contributed by atoms with Crippen LogP contribution >= 0.6 is 11.3 Å². The minimum atomic E-state index is -3.97. The highest BCUT2D eigenvalue weighted by Gasteiger charge is 2.25. The molecule has 0 spiro atoms. The normalized spacial score (nSPS) is 12.8. The number of rotatable bonds is 5. The molecule has 4 nitrogen and oxygen atoms in total. The van der Waals surface area contributed by atoms with Gasteiger partial charge in [-0.1, -0.05) is 19.1 Å². The van der Waals surface area contributed by atoms with Gasteiger partial charge in [0.2, 0.25) is 10.0 Å². The highest BCUT2D eigenvalue weighted by Crippen LogP contribution is 2.25. The number of nitrogens with zero attached hydrogens (tertiary/aromatic N) is 1. The fourth-order valence-electron chi connectivity index (χ4n) is 1.92. The smallest absolute Gasteiger partial charge is 0.207 e. The van der Waals surface area contributed by atoms with Gasteiger partial charge >= 0.3 is 0 Å². The largest absolute Gasteiger partial charge is 0.242 e. The van der Waals surface area contributed by atoms with Gasteiger partial charge in [-0.2, -0.15) is 5.26 Å². The van der Waals surface area contributed by atoms with Crippen molar-refractivity contribution >= 4 is 21.4 Å². The topological polar surface area (TPSA) is 70.0 Å². The SMILES string of the molecule is CCC(NS(=O)(=O)c1cccc(F)c1C#N)c1cccs1. The first kappa shape index (κ1) is 15.6.